The minimum atomic E-state index is -3.64. The van der Waals surface area contributed by atoms with Crippen LogP contribution in [0.1, 0.15) is 0 Å². The van der Waals surface area contributed by atoms with Gasteiger partial charge in [-0.25, -0.2) is 13.5 Å². The fourth-order valence-electron chi connectivity index (χ4n) is 2.92. The third kappa shape index (κ3) is 2.84. The van der Waals surface area contributed by atoms with E-state index in [0.717, 1.165) is 19.4 Å². The van der Waals surface area contributed by atoms with E-state index in [1.165, 1.54) is 26.6 Å². The molecule has 0 radical (unpaired) electrons. The Bertz CT molecular complexity index is 1270. The molecule has 0 bridgehead atoms. The van der Waals surface area contributed by atoms with Crippen molar-refractivity contribution in [3.63, 3.8) is 0 Å². The summed E-state index contributed by atoms with van der Waals surface area (Å²) >= 11 is 0. The van der Waals surface area contributed by atoms with Gasteiger partial charge in [0.2, 0.25) is 0 Å². The molecule has 4 rings (SSSR count). The summed E-state index contributed by atoms with van der Waals surface area (Å²) in [7, 11) is 2.72. The topological polar surface area (TPSA) is 99.5 Å². The van der Waals surface area contributed by atoms with Crippen molar-refractivity contribution in [2.45, 2.75) is 0 Å². The van der Waals surface area contributed by atoms with Gasteiger partial charge in [0.25, 0.3) is 0 Å². The molecule has 0 aliphatic heterocycles. The fourth-order valence-corrected chi connectivity index (χ4v) is 3.69. The number of nitrogens with zero attached hydrogens (tertiary/aromatic N) is 7. The van der Waals surface area contributed by atoms with Crippen LogP contribution in [0.2, 0.25) is 0 Å². The van der Waals surface area contributed by atoms with Crippen LogP contribution in [0.5, 0.6) is 5.75 Å². The molecule has 0 aliphatic carbocycles. The molecule has 4 aromatic rings. The van der Waals surface area contributed by atoms with Crippen LogP contribution >= 0.6 is 0 Å². The highest BCUT2D eigenvalue weighted by Gasteiger charge is 2.20. The predicted octanol–water partition coefficient (Wildman–Crippen LogP) is 1.26. The number of hydrogen-bond acceptors (Lipinski definition) is 6. The molecular weight excluding hydrogens is 382 g/mol. The summed E-state index contributed by atoms with van der Waals surface area (Å²) in [6.45, 7) is 0. The summed E-state index contributed by atoms with van der Waals surface area (Å²) in [5.74, 6) is 0.596. The highest BCUT2D eigenvalue weighted by molar-refractivity contribution is 7.87. The summed E-state index contributed by atoms with van der Waals surface area (Å²) in [4.78, 5) is 4.25. The van der Waals surface area contributed by atoms with E-state index in [-0.39, 0.29) is 0 Å². The van der Waals surface area contributed by atoms with Gasteiger partial charge in [-0.3, -0.25) is 4.68 Å². The molecule has 0 unspecified atom stereocenters. The number of fused-ring (bicyclic) bond motifs is 1. The van der Waals surface area contributed by atoms with Crippen LogP contribution in [0.3, 0.4) is 0 Å². The van der Waals surface area contributed by atoms with Crippen molar-refractivity contribution in [2.24, 2.45) is 7.05 Å². The summed E-state index contributed by atoms with van der Waals surface area (Å²) in [5, 5.41) is 8.60. The second-order valence-electron chi connectivity index (χ2n) is 6.43. The first-order valence-electron chi connectivity index (χ1n) is 8.33. The van der Waals surface area contributed by atoms with Crippen molar-refractivity contribution in [1.29, 1.82) is 0 Å². The minimum absolute atomic E-state index is 0.479. The average molecular weight is 401 g/mol. The highest BCUT2D eigenvalue weighted by Crippen LogP contribution is 2.34. The molecule has 146 valence electrons. The molecule has 0 saturated carbocycles. The molecule has 0 spiro atoms. The van der Waals surface area contributed by atoms with Crippen molar-refractivity contribution in [1.82, 2.24) is 32.7 Å². The number of imidazole rings is 1. The number of rotatable bonds is 5. The van der Waals surface area contributed by atoms with Crippen LogP contribution in [0, 0.1) is 0 Å². The molecule has 4 aromatic heterocycles. The van der Waals surface area contributed by atoms with Crippen molar-refractivity contribution >= 4 is 15.7 Å². The summed E-state index contributed by atoms with van der Waals surface area (Å²) in [6, 6.07) is 1.89. The van der Waals surface area contributed by atoms with Gasteiger partial charge in [-0.1, -0.05) is 0 Å². The Kier molecular flexibility index (Phi) is 4.20. The van der Waals surface area contributed by atoms with E-state index >= 15 is 0 Å². The first kappa shape index (κ1) is 18.2. The maximum Gasteiger partial charge on any atom is 0.308 e. The third-order valence-corrected chi connectivity index (χ3v) is 6.05. The number of aryl methyl sites for hydroxylation is 1. The standard InChI is InChI=1S/C17H19N7O3S/c1-21(2)28(25,26)23-10-15(18-11-23)14-7-20-24-9-12(5-16(27-4)17(14)24)13-6-19-22(3)8-13/h5-11H,1-4H3. The molecule has 28 heavy (non-hydrogen) atoms. The second kappa shape index (κ2) is 6.46. The molecule has 11 heteroatoms. The van der Waals surface area contributed by atoms with Crippen LogP contribution in [0.15, 0.2) is 43.4 Å². The van der Waals surface area contributed by atoms with Gasteiger partial charge in [-0.05, 0) is 6.07 Å². The maximum atomic E-state index is 12.3. The lowest BCUT2D eigenvalue weighted by Gasteiger charge is -2.10. The van der Waals surface area contributed by atoms with Gasteiger partial charge in [0.1, 0.15) is 17.6 Å². The van der Waals surface area contributed by atoms with Crippen LogP contribution in [-0.2, 0) is 17.3 Å². The second-order valence-corrected chi connectivity index (χ2v) is 8.48. The Labute approximate surface area is 161 Å². The SMILES string of the molecule is COc1cc(-c2cnn(C)c2)cn2ncc(-c3cn(S(=O)(=O)N(C)C)cn3)c12. The van der Waals surface area contributed by atoms with Gasteiger partial charge in [-0.15, -0.1) is 0 Å². The number of ether oxygens (including phenoxy) is 1. The monoisotopic (exact) mass is 401 g/mol. The predicted molar refractivity (Wildman–Crippen MR) is 103 cm³/mol. The smallest absolute Gasteiger partial charge is 0.308 e. The van der Waals surface area contributed by atoms with E-state index in [1.54, 1.807) is 28.7 Å². The Morgan fingerprint density at radius 1 is 1.07 bits per heavy atom. The third-order valence-electron chi connectivity index (χ3n) is 4.40. The van der Waals surface area contributed by atoms with Gasteiger partial charge in [-0.2, -0.15) is 22.9 Å². The Hall–Kier alpha value is -3.18. The lowest BCUT2D eigenvalue weighted by Crippen LogP contribution is -2.27. The lowest BCUT2D eigenvalue weighted by atomic mass is 10.1. The normalized spacial score (nSPS) is 12.2. The van der Waals surface area contributed by atoms with Crippen molar-refractivity contribution in [3.05, 3.63) is 43.4 Å². The summed E-state index contributed by atoms with van der Waals surface area (Å²) in [5.41, 5.74) is 3.67. The maximum absolute atomic E-state index is 12.3. The molecule has 4 heterocycles. The molecule has 0 saturated heterocycles. The molecule has 0 N–H and O–H groups in total. The highest BCUT2D eigenvalue weighted by atomic mass is 32.2. The zero-order valence-electron chi connectivity index (χ0n) is 15.8. The van der Waals surface area contributed by atoms with E-state index in [0.29, 0.717) is 22.5 Å². The molecule has 0 fully saturated rings. The molecule has 10 nitrogen and oxygen atoms in total. The first-order valence-corrected chi connectivity index (χ1v) is 9.72. The lowest BCUT2D eigenvalue weighted by molar-refractivity contribution is 0.418. The van der Waals surface area contributed by atoms with E-state index < -0.39 is 10.2 Å². The summed E-state index contributed by atoms with van der Waals surface area (Å²) < 4.78 is 35.8. The number of aromatic nitrogens is 6. The quantitative estimate of drug-likeness (QED) is 0.499. The van der Waals surface area contributed by atoms with Crippen LogP contribution in [0.25, 0.3) is 27.9 Å². The Morgan fingerprint density at radius 3 is 2.50 bits per heavy atom. The van der Waals surface area contributed by atoms with E-state index in [1.807, 2.05) is 25.5 Å². The van der Waals surface area contributed by atoms with E-state index in [9.17, 15) is 8.42 Å². The zero-order chi connectivity index (χ0) is 20.1. The largest absolute Gasteiger partial charge is 0.494 e. The van der Waals surface area contributed by atoms with Crippen LogP contribution in [-0.4, -0.2) is 62.3 Å². The molecular formula is C17H19N7O3S. The molecule has 0 aliphatic rings. The molecule has 0 atom stereocenters. The van der Waals surface area contributed by atoms with Gasteiger partial charge in [0.15, 0.2) is 0 Å². The molecule has 0 amide bonds. The van der Waals surface area contributed by atoms with Gasteiger partial charge in [0.05, 0.1) is 30.8 Å². The van der Waals surface area contributed by atoms with Crippen LogP contribution in [0.4, 0.5) is 0 Å². The van der Waals surface area contributed by atoms with Gasteiger partial charge in [0, 0.05) is 50.9 Å². The minimum Gasteiger partial charge on any atom is -0.494 e. The average Bonchev–Trinajstić information content (AvgIpc) is 3.39. The number of hydrogen-bond donors (Lipinski definition) is 0. The number of methoxy groups -OCH3 is 1. The van der Waals surface area contributed by atoms with E-state index in [2.05, 4.69) is 15.2 Å². The number of pyridine rings is 1. The van der Waals surface area contributed by atoms with Gasteiger partial charge >= 0.3 is 10.2 Å². The van der Waals surface area contributed by atoms with Gasteiger partial charge < -0.3 is 4.74 Å². The summed E-state index contributed by atoms with van der Waals surface area (Å²) in [6.07, 6.45) is 9.90. The first-order chi connectivity index (χ1) is 13.3. The van der Waals surface area contributed by atoms with Crippen molar-refractivity contribution < 1.29 is 13.2 Å². The molecule has 0 aromatic carbocycles. The Morgan fingerprint density at radius 2 is 1.86 bits per heavy atom. The van der Waals surface area contributed by atoms with Crippen molar-refractivity contribution in [2.75, 3.05) is 21.2 Å². The fraction of sp³-hybridized carbons (Fsp3) is 0.235. The zero-order valence-corrected chi connectivity index (χ0v) is 16.6. The van der Waals surface area contributed by atoms with Crippen LogP contribution < -0.4 is 4.74 Å². The van der Waals surface area contributed by atoms with E-state index in [4.69, 9.17) is 4.74 Å². The Balaban J connectivity index is 1.85. The van der Waals surface area contributed by atoms with Crippen molar-refractivity contribution in [3.8, 4) is 28.1 Å².